The fourth-order valence-electron chi connectivity index (χ4n) is 4.48. The number of hydrogen-bond acceptors (Lipinski definition) is 14. The van der Waals surface area contributed by atoms with Crippen LogP contribution >= 0.6 is 0 Å². The fourth-order valence-corrected chi connectivity index (χ4v) is 4.48. The van der Waals surface area contributed by atoms with Gasteiger partial charge in [-0.1, -0.05) is 0 Å². The largest absolute Gasteiger partial charge is 0.508 e. The van der Waals surface area contributed by atoms with Crippen LogP contribution in [0.1, 0.15) is 6.92 Å². The van der Waals surface area contributed by atoms with E-state index in [0.717, 1.165) is 6.07 Å². The van der Waals surface area contributed by atoms with E-state index < -0.39 is 72.2 Å². The second kappa shape index (κ2) is 10.8. The van der Waals surface area contributed by atoms with Gasteiger partial charge in [-0.05, 0) is 31.2 Å². The highest BCUT2D eigenvalue weighted by Gasteiger charge is 2.44. The Labute approximate surface area is 225 Å². The summed E-state index contributed by atoms with van der Waals surface area (Å²) in [6.45, 7) is 1.10. The summed E-state index contributed by atoms with van der Waals surface area (Å²) < 4.78 is 27.9. The lowest BCUT2D eigenvalue weighted by Crippen LogP contribution is -2.58. The van der Waals surface area contributed by atoms with Crippen molar-refractivity contribution in [2.75, 3.05) is 6.61 Å². The maximum absolute atomic E-state index is 13.6. The number of aromatic hydroxyl groups is 2. The van der Waals surface area contributed by atoms with Gasteiger partial charge in [0, 0.05) is 17.7 Å². The minimum Gasteiger partial charge on any atom is -0.508 e. The summed E-state index contributed by atoms with van der Waals surface area (Å²) in [6.07, 6.45) is -13.3. The van der Waals surface area contributed by atoms with Crippen molar-refractivity contribution in [3.8, 4) is 34.3 Å². The first-order valence-electron chi connectivity index (χ1n) is 12.3. The summed E-state index contributed by atoms with van der Waals surface area (Å²) >= 11 is 0. The van der Waals surface area contributed by atoms with E-state index >= 15 is 0 Å². The van der Waals surface area contributed by atoms with Crippen LogP contribution in [0, 0.1) is 0 Å². The molecule has 2 saturated heterocycles. The van der Waals surface area contributed by atoms with Crippen molar-refractivity contribution in [3.05, 3.63) is 46.6 Å². The normalized spacial score (nSPS) is 32.6. The maximum atomic E-state index is 13.6. The molecule has 5 rings (SSSR count). The Bertz CT molecular complexity index is 1420. The van der Waals surface area contributed by atoms with Crippen molar-refractivity contribution < 1.29 is 64.2 Å². The minimum atomic E-state index is -1.76. The number of aliphatic hydroxyl groups is 6. The van der Waals surface area contributed by atoms with E-state index in [1.165, 1.54) is 37.3 Å². The molecule has 2 aliphatic rings. The van der Waals surface area contributed by atoms with Gasteiger partial charge >= 0.3 is 0 Å². The van der Waals surface area contributed by atoms with E-state index in [4.69, 9.17) is 23.4 Å². The first-order chi connectivity index (χ1) is 19.0. The van der Waals surface area contributed by atoms with E-state index in [0.29, 0.717) is 0 Å². The average Bonchev–Trinajstić information content (AvgIpc) is 2.92. The number of hydrogen-bond donors (Lipinski definition) is 8. The lowest BCUT2D eigenvalue weighted by atomic mass is 10.00. The van der Waals surface area contributed by atoms with Crippen molar-refractivity contribution in [2.24, 2.45) is 0 Å². The molecule has 0 bridgehead atoms. The predicted molar refractivity (Wildman–Crippen MR) is 133 cm³/mol. The Kier molecular flexibility index (Phi) is 7.60. The molecule has 0 amide bonds. The lowest BCUT2D eigenvalue weighted by molar-refractivity contribution is -0.268. The van der Waals surface area contributed by atoms with Crippen molar-refractivity contribution in [3.63, 3.8) is 0 Å². The van der Waals surface area contributed by atoms with E-state index in [1.54, 1.807) is 0 Å². The van der Waals surface area contributed by atoms with Crippen LogP contribution in [0.5, 0.6) is 23.0 Å². The topological polar surface area (TPSA) is 229 Å². The molecule has 3 aromatic rings. The zero-order valence-electron chi connectivity index (χ0n) is 20.9. The van der Waals surface area contributed by atoms with Crippen LogP contribution in [-0.2, 0) is 9.47 Å². The SMILES string of the molecule is C[C@@H]1O[C@@H](Oc2c(-c3ccc(O)cc3)oc3cc(O[C@@H]4OC[C@H](O)[C@H](O)[C@@H]4O)cc(O)c3c2=O)[C@H](O)[C@@H](O)[C@H]1O. The quantitative estimate of drug-likeness (QED) is 0.184. The van der Waals surface area contributed by atoms with E-state index in [9.17, 15) is 45.6 Å². The lowest BCUT2D eigenvalue weighted by Gasteiger charge is -2.38. The van der Waals surface area contributed by atoms with Gasteiger partial charge in [0.15, 0.2) is 5.76 Å². The highest BCUT2D eigenvalue weighted by molar-refractivity contribution is 5.88. The molecule has 8 N–H and O–H groups in total. The molecule has 0 aliphatic carbocycles. The van der Waals surface area contributed by atoms with Crippen LogP contribution in [-0.4, -0.2) is 103 Å². The van der Waals surface area contributed by atoms with Crippen LogP contribution in [0.2, 0.25) is 0 Å². The second-order valence-corrected chi connectivity index (χ2v) is 9.62. The molecule has 2 aliphatic heterocycles. The highest BCUT2D eigenvalue weighted by atomic mass is 16.7. The number of benzene rings is 2. The molecule has 0 unspecified atom stereocenters. The molecule has 2 aromatic carbocycles. The molecular formula is C26H28O14. The zero-order chi connectivity index (χ0) is 28.9. The molecule has 9 atom stereocenters. The first-order valence-corrected chi connectivity index (χ1v) is 12.3. The second-order valence-electron chi connectivity index (χ2n) is 9.62. The van der Waals surface area contributed by atoms with Gasteiger partial charge in [-0.2, -0.15) is 0 Å². The van der Waals surface area contributed by atoms with Crippen molar-refractivity contribution in [1.82, 2.24) is 0 Å². The van der Waals surface area contributed by atoms with Gasteiger partial charge in [0.05, 0.1) is 12.7 Å². The third-order valence-corrected chi connectivity index (χ3v) is 6.78. The van der Waals surface area contributed by atoms with Gasteiger partial charge in [0.25, 0.3) is 0 Å². The van der Waals surface area contributed by atoms with Crippen molar-refractivity contribution in [1.29, 1.82) is 0 Å². The van der Waals surface area contributed by atoms with Crippen LogP contribution in [0.4, 0.5) is 0 Å². The summed E-state index contributed by atoms with van der Waals surface area (Å²) in [6, 6.07) is 7.69. The molecule has 0 radical (unpaired) electrons. The number of ether oxygens (including phenoxy) is 4. The van der Waals surface area contributed by atoms with Gasteiger partial charge < -0.3 is 64.2 Å². The van der Waals surface area contributed by atoms with Gasteiger partial charge in [0.1, 0.15) is 64.8 Å². The molecule has 0 saturated carbocycles. The summed E-state index contributed by atoms with van der Waals surface area (Å²) in [5.41, 5.74) is -0.861. The van der Waals surface area contributed by atoms with E-state index in [-0.39, 0.29) is 40.4 Å². The Hall–Kier alpha value is -3.47. The Balaban J connectivity index is 1.58. The maximum Gasteiger partial charge on any atom is 0.239 e. The van der Waals surface area contributed by atoms with Gasteiger partial charge in [-0.3, -0.25) is 4.79 Å². The average molecular weight is 564 g/mol. The predicted octanol–water partition coefficient (Wildman–Crippen LogP) is -1.10. The number of fused-ring (bicyclic) bond motifs is 1. The van der Waals surface area contributed by atoms with E-state index in [2.05, 4.69) is 0 Å². The summed E-state index contributed by atoms with van der Waals surface area (Å²) in [4.78, 5) is 13.6. The molecule has 14 heteroatoms. The molecule has 3 heterocycles. The van der Waals surface area contributed by atoms with Crippen LogP contribution in [0.15, 0.2) is 45.6 Å². The minimum absolute atomic E-state index is 0.0852. The van der Waals surface area contributed by atoms with Crippen LogP contribution in [0.3, 0.4) is 0 Å². The number of phenolic OH excluding ortho intramolecular Hbond substituents is 2. The molecule has 14 nitrogen and oxygen atoms in total. The van der Waals surface area contributed by atoms with Gasteiger partial charge in [-0.15, -0.1) is 0 Å². The molecule has 0 spiro atoms. The standard InChI is InChI=1S/C26H28O14/c1-9-17(30)20(33)22(35)26(37-9)40-24-19(32)16-13(28)6-12(38-25-21(34)18(31)14(29)8-36-25)7-15(16)39-23(24)10-2-4-11(27)5-3-10/h2-7,9,14,17-18,20-22,25-31,33-35H,8H2,1H3/t9-,14-,17-,18-,20-,21-,22+,25-,26-/m0/s1. The molecule has 40 heavy (non-hydrogen) atoms. The van der Waals surface area contributed by atoms with Crippen LogP contribution < -0.4 is 14.9 Å². The van der Waals surface area contributed by atoms with E-state index in [1.807, 2.05) is 0 Å². The molecule has 2 fully saturated rings. The molecule has 216 valence electrons. The first kappa shape index (κ1) is 28.1. The Morgan fingerprint density at radius 1 is 0.825 bits per heavy atom. The summed E-state index contributed by atoms with van der Waals surface area (Å²) in [5.74, 6) is -1.54. The Morgan fingerprint density at radius 3 is 2.20 bits per heavy atom. The van der Waals surface area contributed by atoms with Crippen molar-refractivity contribution in [2.45, 2.75) is 62.2 Å². The highest BCUT2D eigenvalue weighted by Crippen LogP contribution is 2.38. The fraction of sp³-hybridized carbons (Fsp3) is 0.423. The smallest absolute Gasteiger partial charge is 0.239 e. The van der Waals surface area contributed by atoms with Gasteiger partial charge in [0.2, 0.25) is 23.8 Å². The molecule has 1 aromatic heterocycles. The number of aliphatic hydroxyl groups excluding tert-OH is 6. The molecular weight excluding hydrogens is 536 g/mol. The monoisotopic (exact) mass is 564 g/mol. The summed E-state index contributed by atoms with van der Waals surface area (Å²) in [7, 11) is 0. The zero-order valence-corrected chi connectivity index (χ0v) is 20.9. The van der Waals surface area contributed by atoms with Crippen LogP contribution in [0.25, 0.3) is 22.3 Å². The van der Waals surface area contributed by atoms with Crippen molar-refractivity contribution >= 4 is 11.0 Å². The Morgan fingerprint density at radius 2 is 1.50 bits per heavy atom. The number of rotatable bonds is 5. The summed E-state index contributed by atoms with van der Waals surface area (Å²) in [5, 5.41) is 80.5. The third kappa shape index (κ3) is 5.07. The van der Waals surface area contributed by atoms with Gasteiger partial charge in [-0.25, -0.2) is 0 Å². The number of phenols is 2. The third-order valence-electron chi connectivity index (χ3n) is 6.78.